The van der Waals surface area contributed by atoms with Crippen molar-refractivity contribution < 1.29 is 4.42 Å². The molecule has 0 saturated carbocycles. The van der Waals surface area contributed by atoms with E-state index < -0.39 is 0 Å². The lowest BCUT2D eigenvalue weighted by molar-refractivity contribution is 0.293. The molecule has 0 radical (unpaired) electrons. The first-order valence-corrected chi connectivity index (χ1v) is 6.13. The number of nitrogens with two attached hydrogens (primary N) is 1. The van der Waals surface area contributed by atoms with E-state index >= 15 is 0 Å². The third-order valence-corrected chi connectivity index (χ3v) is 3.05. The molecule has 0 aliphatic carbocycles. The van der Waals surface area contributed by atoms with Gasteiger partial charge in [-0.05, 0) is 44.3 Å². The highest BCUT2D eigenvalue weighted by atomic mass is 16.3. The Hall–Kier alpha value is -1.58. The number of hydrogen-bond acceptors (Lipinski definition) is 3. The van der Waals surface area contributed by atoms with Crippen molar-refractivity contribution in [1.82, 2.24) is 4.90 Å². The number of furan rings is 1. The fourth-order valence-corrected chi connectivity index (χ4v) is 2.21. The predicted octanol–water partition coefficient (Wildman–Crippen LogP) is 2.70. The van der Waals surface area contributed by atoms with Gasteiger partial charge in [0.1, 0.15) is 11.5 Å². The van der Waals surface area contributed by atoms with E-state index in [1.807, 2.05) is 31.2 Å². The lowest BCUT2D eigenvalue weighted by atomic mass is 10.0. The van der Waals surface area contributed by atoms with Crippen LogP contribution < -0.4 is 5.73 Å². The summed E-state index contributed by atoms with van der Waals surface area (Å²) < 4.78 is 5.76. The van der Waals surface area contributed by atoms with E-state index in [0.29, 0.717) is 6.54 Å². The molecule has 0 fully saturated rings. The Morgan fingerprint density at radius 2 is 2.00 bits per heavy atom. The summed E-state index contributed by atoms with van der Waals surface area (Å²) in [6.45, 7) is 2.53. The van der Waals surface area contributed by atoms with Crippen molar-refractivity contribution in [3.8, 4) is 0 Å². The molecule has 0 saturated heterocycles. The maximum Gasteiger partial charge on any atom is 0.125 e. The van der Waals surface area contributed by atoms with Crippen LogP contribution in [0.2, 0.25) is 0 Å². The molecule has 3 nitrogen and oxygen atoms in total. The lowest BCUT2D eigenvalue weighted by Crippen LogP contribution is -2.20. The monoisotopic (exact) mass is 244 g/mol. The van der Waals surface area contributed by atoms with Crippen LogP contribution in [0, 0.1) is 6.92 Å². The first-order valence-electron chi connectivity index (χ1n) is 6.13. The Kier molecular flexibility index (Phi) is 3.84. The van der Waals surface area contributed by atoms with E-state index in [4.69, 9.17) is 10.2 Å². The summed E-state index contributed by atoms with van der Waals surface area (Å²) in [5.41, 5.74) is 8.05. The molecule has 0 aliphatic heterocycles. The summed E-state index contributed by atoms with van der Waals surface area (Å²) in [4.78, 5) is 2.15. The Balaban J connectivity index is 2.41. The summed E-state index contributed by atoms with van der Waals surface area (Å²) >= 11 is 0. The van der Waals surface area contributed by atoms with E-state index in [1.54, 1.807) is 0 Å². The number of rotatable bonds is 4. The fraction of sp³-hybridized carbons (Fsp3) is 0.333. The van der Waals surface area contributed by atoms with Gasteiger partial charge < -0.3 is 10.2 Å². The number of aryl methyl sites for hydroxylation is 1. The Labute approximate surface area is 108 Å². The van der Waals surface area contributed by atoms with Crippen molar-refractivity contribution in [2.75, 3.05) is 14.1 Å². The van der Waals surface area contributed by atoms with E-state index in [-0.39, 0.29) is 6.04 Å². The zero-order valence-corrected chi connectivity index (χ0v) is 11.2. The molecule has 2 aromatic rings. The highest BCUT2D eigenvalue weighted by Crippen LogP contribution is 2.28. The van der Waals surface area contributed by atoms with Gasteiger partial charge in [0.05, 0.1) is 6.04 Å². The van der Waals surface area contributed by atoms with Crippen LogP contribution in [0.25, 0.3) is 0 Å². The molecule has 1 unspecified atom stereocenters. The third kappa shape index (κ3) is 2.63. The Morgan fingerprint density at radius 3 is 2.56 bits per heavy atom. The average Bonchev–Trinajstić information content (AvgIpc) is 2.75. The minimum atomic E-state index is 0.130. The normalized spacial score (nSPS) is 12.9. The van der Waals surface area contributed by atoms with Gasteiger partial charge in [-0.15, -0.1) is 0 Å². The van der Waals surface area contributed by atoms with Gasteiger partial charge >= 0.3 is 0 Å². The molecule has 3 heteroatoms. The summed E-state index contributed by atoms with van der Waals surface area (Å²) in [7, 11) is 4.11. The van der Waals surface area contributed by atoms with Crippen LogP contribution in [0.3, 0.4) is 0 Å². The van der Waals surface area contributed by atoms with Gasteiger partial charge in [-0.1, -0.05) is 24.3 Å². The van der Waals surface area contributed by atoms with Crippen molar-refractivity contribution in [1.29, 1.82) is 0 Å². The zero-order chi connectivity index (χ0) is 13.1. The van der Waals surface area contributed by atoms with Crippen LogP contribution in [0.1, 0.15) is 28.7 Å². The standard InChI is InChI=1S/C15H20N2O/c1-11-7-8-14(18-11)15(17(2)3)13-6-4-5-12(9-13)10-16/h4-9,15H,10,16H2,1-3H3. The summed E-state index contributed by atoms with van der Waals surface area (Å²) in [6, 6.07) is 12.5. The maximum absolute atomic E-state index is 5.76. The first-order chi connectivity index (χ1) is 8.61. The Morgan fingerprint density at radius 1 is 1.22 bits per heavy atom. The first kappa shape index (κ1) is 12.9. The molecular formula is C15H20N2O. The van der Waals surface area contributed by atoms with Gasteiger partial charge in [-0.2, -0.15) is 0 Å². The van der Waals surface area contributed by atoms with Gasteiger partial charge in [0.15, 0.2) is 0 Å². The molecule has 96 valence electrons. The molecule has 1 aromatic carbocycles. The van der Waals surface area contributed by atoms with Crippen molar-refractivity contribution in [3.05, 3.63) is 59.0 Å². The molecule has 1 heterocycles. The molecule has 0 aliphatic rings. The number of nitrogens with zero attached hydrogens (tertiary/aromatic N) is 1. The number of hydrogen-bond donors (Lipinski definition) is 1. The molecule has 1 aromatic heterocycles. The van der Waals surface area contributed by atoms with Crippen LogP contribution in [0.15, 0.2) is 40.8 Å². The second kappa shape index (κ2) is 5.38. The van der Waals surface area contributed by atoms with Gasteiger partial charge in [-0.3, -0.25) is 4.90 Å². The number of benzene rings is 1. The highest BCUT2D eigenvalue weighted by molar-refractivity contribution is 5.31. The largest absolute Gasteiger partial charge is 0.464 e. The minimum Gasteiger partial charge on any atom is -0.464 e. The lowest BCUT2D eigenvalue weighted by Gasteiger charge is -2.23. The van der Waals surface area contributed by atoms with E-state index in [1.165, 1.54) is 5.56 Å². The van der Waals surface area contributed by atoms with Crippen molar-refractivity contribution in [2.24, 2.45) is 5.73 Å². The molecule has 18 heavy (non-hydrogen) atoms. The molecule has 0 amide bonds. The quantitative estimate of drug-likeness (QED) is 0.899. The van der Waals surface area contributed by atoms with Gasteiger partial charge in [0.2, 0.25) is 0 Å². The van der Waals surface area contributed by atoms with Crippen LogP contribution >= 0.6 is 0 Å². The molecular weight excluding hydrogens is 224 g/mol. The molecule has 0 spiro atoms. The van der Waals surface area contributed by atoms with Crippen LogP contribution in [0.4, 0.5) is 0 Å². The zero-order valence-electron chi connectivity index (χ0n) is 11.2. The third-order valence-electron chi connectivity index (χ3n) is 3.05. The fourth-order valence-electron chi connectivity index (χ4n) is 2.21. The summed E-state index contributed by atoms with van der Waals surface area (Å²) in [5.74, 6) is 1.90. The molecule has 2 N–H and O–H groups in total. The van der Waals surface area contributed by atoms with Crippen molar-refractivity contribution >= 4 is 0 Å². The van der Waals surface area contributed by atoms with Crippen LogP contribution in [-0.2, 0) is 6.54 Å². The SMILES string of the molecule is Cc1ccc(C(c2cccc(CN)c2)N(C)C)o1. The Bertz CT molecular complexity index is 517. The predicted molar refractivity (Wildman–Crippen MR) is 73.3 cm³/mol. The molecule has 2 rings (SSSR count). The minimum absolute atomic E-state index is 0.130. The topological polar surface area (TPSA) is 42.4 Å². The van der Waals surface area contributed by atoms with E-state index in [0.717, 1.165) is 17.1 Å². The van der Waals surface area contributed by atoms with E-state index in [9.17, 15) is 0 Å². The van der Waals surface area contributed by atoms with E-state index in [2.05, 4.69) is 31.1 Å². The summed E-state index contributed by atoms with van der Waals surface area (Å²) in [5, 5.41) is 0. The molecule has 0 bridgehead atoms. The highest BCUT2D eigenvalue weighted by Gasteiger charge is 2.19. The maximum atomic E-state index is 5.76. The molecule has 1 atom stereocenters. The summed E-state index contributed by atoms with van der Waals surface area (Å²) in [6.07, 6.45) is 0. The van der Waals surface area contributed by atoms with Gasteiger partial charge in [0.25, 0.3) is 0 Å². The second-order valence-corrected chi connectivity index (χ2v) is 4.76. The van der Waals surface area contributed by atoms with Crippen molar-refractivity contribution in [3.63, 3.8) is 0 Å². The van der Waals surface area contributed by atoms with Crippen LogP contribution in [-0.4, -0.2) is 19.0 Å². The van der Waals surface area contributed by atoms with Gasteiger partial charge in [-0.25, -0.2) is 0 Å². The van der Waals surface area contributed by atoms with Crippen molar-refractivity contribution in [2.45, 2.75) is 19.5 Å². The van der Waals surface area contributed by atoms with Gasteiger partial charge in [0, 0.05) is 6.54 Å². The smallest absolute Gasteiger partial charge is 0.125 e. The second-order valence-electron chi connectivity index (χ2n) is 4.76. The average molecular weight is 244 g/mol. The van der Waals surface area contributed by atoms with Crippen LogP contribution in [0.5, 0.6) is 0 Å².